The van der Waals surface area contributed by atoms with Crippen molar-refractivity contribution in [3.63, 3.8) is 0 Å². The first-order chi connectivity index (χ1) is 12.3. The maximum Gasteiger partial charge on any atom is 0.387 e. The normalized spacial score (nSPS) is 11.1. The van der Waals surface area contributed by atoms with Crippen molar-refractivity contribution in [1.29, 1.82) is 0 Å². The number of nitrogens with one attached hydrogen (secondary N) is 1. The van der Waals surface area contributed by atoms with Gasteiger partial charge in [-0.1, -0.05) is 12.1 Å². The summed E-state index contributed by atoms with van der Waals surface area (Å²) in [7, 11) is 0. The van der Waals surface area contributed by atoms with Gasteiger partial charge in [0.05, 0.1) is 5.52 Å². The van der Waals surface area contributed by atoms with Crippen LogP contribution in [0.15, 0.2) is 47.4 Å². The molecule has 2 N–H and O–H groups in total. The number of ether oxygens (including phenoxy) is 1. The van der Waals surface area contributed by atoms with Gasteiger partial charge in [0.25, 0.3) is 0 Å². The lowest BCUT2D eigenvalue weighted by atomic mass is 10.0. The molecule has 26 heavy (non-hydrogen) atoms. The Morgan fingerprint density at radius 1 is 1.19 bits per heavy atom. The highest BCUT2D eigenvalue weighted by Crippen LogP contribution is 2.21. The number of hydrogen-bond acceptors (Lipinski definition) is 3. The molecule has 0 unspecified atom stereocenters. The van der Waals surface area contributed by atoms with E-state index >= 15 is 0 Å². The van der Waals surface area contributed by atoms with Crippen LogP contribution in [-0.4, -0.2) is 22.7 Å². The fourth-order valence-electron chi connectivity index (χ4n) is 2.67. The number of fused-ring (bicyclic) bond motifs is 1. The first kappa shape index (κ1) is 17.5. The molecule has 0 amide bonds. The van der Waals surface area contributed by atoms with Gasteiger partial charge in [0, 0.05) is 11.6 Å². The van der Waals surface area contributed by atoms with Crippen molar-refractivity contribution in [3.8, 4) is 5.75 Å². The predicted octanol–water partition coefficient (Wildman–Crippen LogP) is 3.56. The molecule has 0 fully saturated rings. The third-order valence-corrected chi connectivity index (χ3v) is 3.76. The first-order valence-electron chi connectivity index (χ1n) is 7.46. The second kappa shape index (κ2) is 6.91. The van der Waals surface area contributed by atoms with Gasteiger partial charge in [-0.2, -0.15) is 8.78 Å². The number of rotatable bonds is 5. The molecule has 0 radical (unpaired) electrons. The van der Waals surface area contributed by atoms with Crippen molar-refractivity contribution in [1.82, 2.24) is 4.98 Å². The molecule has 0 spiro atoms. The maximum absolute atomic E-state index is 14.3. The van der Waals surface area contributed by atoms with Crippen LogP contribution in [-0.2, 0) is 6.42 Å². The molecule has 0 bridgehead atoms. The monoisotopic (exact) mass is 363 g/mol. The maximum atomic E-state index is 14.3. The van der Waals surface area contributed by atoms with E-state index in [1.54, 1.807) is 6.07 Å². The Balaban J connectivity index is 2.02. The molecule has 5 nitrogen and oxygen atoms in total. The van der Waals surface area contributed by atoms with Crippen LogP contribution in [0.2, 0.25) is 0 Å². The van der Waals surface area contributed by atoms with Crippen LogP contribution >= 0.6 is 0 Å². The van der Waals surface area contributed by atoms with Crippen molar-refractivity contribution in [3.05, 3.63) is 75.3 Å². The van der Waals surface area contributed by atoms with Gasteiger partial charge in [-0.25, -0.2) is 9.18 Å². The Labute approximate surface area is 144 Å². The zero-order valence-electron chi connectivity index (χ0n) is 13.1. The number of carboxylic acid groups (broad SMARTS) is 1. The third kappa shape index (κ3) is 3.53. The van der Waals surface area contributed by atoms with Crippen LogP contribution in [0.3, 0.4) is 0 Å². The zero-order chi connectivity index (χ0) is 18.8. The quantitative estimate of drug-likeness (QED) is 0.727. The minimum Gasteiger partial charge on any atom is -0.477 e. The highest BCUT2D eigenvalue weighted by atomic mass is 19.3. The zero-order valence-corrected chi connectivity index (χ0v) is 13.1. The number of aromatic carboxylic acids is 1. The lowest BCUT2D eigenvalue weighted by Crippen LogP contribution is -2.16. The Kier molecular flexibility index (Phi) is 4.66. The Morgan fingerprint density at radius 2 is 1.96 bits per heavy atom. The smallest absolute Gasteiger partial charge is 0.387 e. The summed E-state index contributed by atoms with van der Waals surface area (Å²) >= 11 is 0. The van der Waals surface area contributed by atoms with E-state index in [9.17, 15) is 22.8 Å². The average Bonchev–Trinajstić information content (AvgIpc) is 2.55. The van der Waals surface area contributed by atoms with Gasteiger partial charge in [0.15, 0.2) is 0 Å². The first-order valence-corrected chi connectivity index (χ1v) is 7.46. The van der Waals surface area contributed by atoms with Crippen LogP contribution < -0.4 is 10.2 Å². The van der Waals surface area contributed by atoms with Gasteiger partial charge < -0.3 is 14.8 Å². The van der Waals surface area contributed by atoms with Crippen LogP contribution in [0.1, 0.15) is 21.5 Å². The fraction of sp³-hybridized carbons (Fsp3) is 0.111. The van der Waals surface area contributed by atoms with E-state index < -0.39 is 29.4 Å². The van der Waals surface area contributed by atoms with Gasteiger partial charge in [-0.3, -0.25) is 4.79 Å². The van der Waals surface area contributed by atoms with Gasteiger partial charge in [-0.05, 0) is 41.8 Å². The number of alkyl halides is 2. The summed E-state index contributed by atoms with van der Waals surface area (Å²) in [6, 6.07) is 8.47. The molecule has 0 atom stereocenters. The lowest BCUT2D eigenvalue weighted by Gasteiger charge is -2.08. The van der Waals surface area contributed by atoms with Gasteiger partial charge in [-0.15, -0.1) is 0 Å². The van der Waals surface area contributed by atoms with E-state index in [0.29, 0.717) is 11.1 Å². The number of hydrogen-bond donors (Lipinski definition) is 2. The standard InChI is InChI=1S/C18H12F3NO4/c19-14-7-10(4-9-2-1-3-11(5-9)26-18(20)21)6-12-15(14)22-8-13(16(12)23)17(24)25/h1-3,5-8,18H,4H2,(H,22,23)(H,24,25). The molecule has 8 heteroatoms. The molecule has 0 aliphatic carbocycles. The van der Waals surface area contributed by atoms with E-state index in [-0.39, 0.29) is 23.1 Å². The van der Waals surface area contributed by atoms with Crippen LogP contribution in [0.5, 0.6) is 5.75 Å². The number of halogens is 3. The van der Waals surface area contributed by atoms with Crippen molar-refractivity contribution in [2.45, 2.75) is 13.0 Å². The summed E-state index contributed by atoms with van der Waals surface area (Å²) in [5.74, 6) is -2.17. The van der Waals surface area contributed by atoms with Crippen LogP contribution in [0, 0.1) is 5.82 Å². The molecule has 1 aromatic heterocycles. The highest BCUT2D eigenvalue weighted by molar-refractivity contribution is 5.92. The largest absolute Gasteiger partial charge is 0.477 e. The fourth-order valence-corrected chi connectivity index (χ4v) is 2.67. The summed E-state index contributed by atoms with van der Waals surface area (Å²) in [6.45, 7) is -2.96. The van der Waals surface area contributed by atoms with Gasteiger partial charge >= 0.3 is 12.6 Å². The minimum absolute atomic E-state index is 0.0372. The SMILES string of the molecule is O=C(O)c1c[nH]c2c(F)cc(Cc3cccc(OC(F)F)c3)cc2c1=O. The van der Waals surface area contributed by atoms with Gasteiger partial charge in [0.2, 0.25) is 5.43 Å². The molecule has 2 aromatic carbocycles. The second-order valence-electron chi connectivity index (χ2n) is 5.54. The van der Waals surface area contributed by atoms with Crippen LogP contribution in [0.25, 0.3) is 10.9 Å². The van der Waals surface area contributed by atoms with Crippen molar-refractivity contribution in [2.24, 2.45) is 0 Å². The van der Waals surface area contributed by atoms with E-state index in [1.807, 2.05) is 0 Å². The molecular weight excluding hydrogens is 351 g/mol. The lowest BCUT2D eigenvalue weighted by molar-refractivity contribution is -0.0498. The average molecular weight is 363 g/mol. The highest BCUT2D eigenvalue weighted by Gasteiger charge is 2.15. The Hall–Kier alpha value is -3.29. The molecule has 3 aromatic rings. The predicted molar refractivity (Wildman–Crippen MR) is 87.4 cm³/mol. The summed E-state index contributed by atoms with van der Waals surface area (Å²) in [4.78, 5) is 25.8. The van der Waals surface area contributed by atoms with Crippen LogP contribution in [0.4, 0.5) is 13.2 Å². The number of carbonyl (C=O) groups is 1. The summed E-state index contributed by atoms with van der Waals surface area (Å²) in [5.41, 5.74) is -0.452. The number of aromatic amines is 1. The third-order valence-electron chi connectivity index (χ3n) is 3.76. The summed E-state index contributed by atoms with van der Waals surface area (Å²) in [6.07, 6.45) is 1.09. The van der Waals surface area contributed by atoms with E-state index in [1.165, 1.54) is 30.3 Å². The molecule has 0 aliphatic heterocycles. The molecule has 0 saturated carbocycles. The molecule has 0 aliphatic rings. The second-order valence-corrected chi connectivity index (χ2v) is 5.54. The molecular formula is C18H12F3NO4. The minimum atomic E-state index is -2.96. The summed E-state index contributed by atoms with van der Waals surface area (Å²) in [5, 5.41) is 8.92. The summed E-state index contributed by atoms with van der Waals surface area (Å²) < 4.78 is 43.2. The molecule has 0 saturated heterocycles. The number of carboxylic acids is 1. The van der Waals surface area contributed by atoms with Gasteiger partial charge in [0.1, 0.15) is 17.1 Å². The van der Waals surface area contributed by atoms with E-state index in [4.69, 9.17) is 5.11 Å². The van der Waals surface area contributed by atoms with Crippen molar-refractivity contribution in [2.75, 3.05) is 0 Å². The molecule has 3 rings (SSSR count). The van der Waals surface area contributed by atoms with E-state index in [2.05, 4.69) is 9.72 Å². The number of H-pyrrole nitrogens is 1. The van der Waals surface area contributed by atoms with Crippen molar-refractivity contribution >= 4 is 16.9 Å². The topological polar surface area (TPSA) is 79.4 Å². The molecule has 134 valence electrons. The van der Waals surface area contributed by atoms with E-state index in [0.717, 1.165) is 6.20 Å². The Bertz CT molecular complexity index is 1050. The Morgan fingerprint density at radius 3 is 2.65 bits per heavy atom. The molecule has 1 heterocycles. The van der Waals surface area contributed by atoms with Crippen molar-refractivity contribution < 1.29 is 27.8 Å². The number of benzene rings is 2. The number of pyridine rings is 1. The number of aromatic nitrogens is 1.